The molecule has 0 saturated carbocycles. The van der Waals surface area contributed by atoms with Gasteiger partial charge in [-0.1, -0.05) is 6.42 Å². The fraction of sp³-hybridized carbons (Fsp3) is 0.875. The van der Waals surface area contributed by atoms with Gasteiger partial charge in [-0.05, 0) is 26.3 Å². The molecule has 0 aliphatic carbocycles. The minimum atomic E-state index is -0.330. The van der Waals surface area contributed by atoms with Crippen molar-refractivity contribution in [3.63, 3.8) is 0 Å². The van der Waals surface area contributed by atoms with Crippen LogP contribution in [-0.4, -0.2) is 29.9 Å². The molecule has 4 heteroatoms. The molecule has 1 aliphatic rings. The summed E-state index contributed by atoms with van der Waals surface area (Å²) < 4.78 is 0. The van der Waals surface area contributed by atoms with E-state index in [0.717, 1.165) is 19.4 Å². The van der Waals surface area contributed by atoms with E-state index in [1.54, 1.807) is 0 Å². The summed E-state index contributed by atoms with van der Waals surface area (Å²) in [4.78, 5) is 12.9. The van der Waals surface area contributed by atoms with E-state index in [-0.39, 0.29) is 5.91 Å². The van der Waals surface area contributed by atoms with Gasteiger partial charge in [-0.2, -0.15) is 0 Å². The standard InChI is InChI=1S/C8H15N3O/c1-7-4-2-3-5-11(7)6-8(12)10-9/h7,9H,2-6H2,1H3. The number of amides is 1. The van der Waals surface area contributed by atoms with Gasteiger partial charge in [0.05, 0.1) is 6.54 Å². The summed E-state index contributed by atoms with van der Waals surface area (Å²) in [5, 5.41) is 2.89. The lowest BCUT2D eigenvalue weighted by Gasteiger charge is -2.31. The van der Waals surface area contributed by atoms with Gasteiger partial charge in [-0.3, -0.25) is 9.69 Å². The molecular formula is C8H15N3O. The molecule has 68 valence electrons. The van der Waals surface area contributed by atoms with Crippen LogP contribution in [-0.2, 0) is 4.79 Å². The number of likely N-dealkylation sites (tertiary alicyclic amines) is 1. The van der Waals surface area contributed by atoms with Gasteiger partial charge in [-0.25, -0.2) is 5.53 Å². The van der Waals surface area contributed by atoms with E-state index in [9.17, 15) is 4.79 Å². The molecule has 1 heterocycles. The van der Waals surface area contributed by atoms with Crippen LogP contribution < -0.4 is 0 Å². The van der Waals surface area contributed by atoms with E-state index in [4.69, 9.17) is 5.53 Å². The van der Waals surface area contributed by atoms with Crippen molar-refractivity contribution in [3.8, 4) is 0 Å². The first-order chi connectivity index (χ1) is 5.74. The van der Waals surface area contributed by atoms with Gasteiger partial charge in [0.15, 0.2) is 0 Å². The lowest BCUT2D eigenvalue weighted by Crippen LogP contribution is -2.40. The first kappa shape index (κ1) is 9.32. The maximum Gasteiger partial charge on any atom is 0.277 e. The Morgan fingerprint density at radius 3 is 3.00 bits per heavy atom. The molecule has 0 aromatic heterocycles. The number of hydrogen-bond donors (Lipinski definition) is 1. The highest BCUT2D eigenvalue weighted by molar-refractivity contribution is 5.78. The average Bonchev–Trinajstić information content (AvgIpc) is 2.09. The fourth-order valence-corrected chi connectivity index (χ4v) is 1.60. The molecule has 1 unspecified atom stereocenters. The maximum atomic E-state index is 10.8. The average molecular weight is 169 g/mol. The molecule has 0 spiro atoms. The van der Waals surface area contributed by atoms with Gasteiger partial charge >= 0.3 is 0 Å². The summed E-state index contributed by atoms with van der Waals surface area (Å²) in [5.74, 6) is -0.330. The van der Waals surface area contributed by atoms with Crippen molar-refractivity contribution in [3.05, 3.63) is 0 Å². The van der Waals surface area contributed by atoms with E-state index in [1.807, 2.05) is 0 Å². The van der Waals surface area contributed by atoms with Crippen molar-refractivity contribution in [1.82, 2.24) is 4.90 Å². The predicted octanol–water partition coefficient (Wildman–Crippen LogP) is 1.42. The third-order valence-electron chi connectivity index (χ3n) is 2.40. The Labute approximate surface area is 72.4 Å². The number of carbonyl (C=O) groups excluding carboxylic acids is 1. The normalized spacial score (nSPS) is 25.2. The first-order valence-corrected chi connectivity index (χ1v) is 4.38. The summed E-state index contributed by atoms with van der Waals surface area (Å²) in [6, 6.07) is 0.476. The van der Waals surface area contributed by atoms with Crippen molar-refractivity contribution in [1.29, 1.82) is 5.53 Å². The number of carbonyl (C=O) groups is 1. The fourth-order valence-electron chi connectivity index (χ4n) is 1.60. The molecule has 1 N–H and O–H groups in total. The minimum Gasteiger partial charge on any atom is -0.292 e. The summed E-state index contributed by atoms with van der Waals surface area (Å²) >= 11 is 0. The van der Waals surface area contributed by atoms with Crippen molar-refractivity contribution in [2.45, 2.75) is 32.2 Å². The molecule has 0 radical (unpaired) electrons. The molecule has 1 rings (SSSR count). The second kappa shape index (κ2) is 4.30. The van der Waals surface area contributed by atoms with Crippen molar-refractivity contribution in [2.24, 2.45) is 5.11 Å². The van der Waals surface area contributed by atoms with E-state index in [0.29, 0.717) is 12.6 Å². The molecule has 1 aliphatic heterocycles. The number of nitrogens with one attached hydrogen (secondary N) is 1. The lowest BCUT2D eigenvalue weighted by atomic mass is 10.0. The number of piperidine rings is 1. The summed E-state index contributed by atoms with van der Waals surface area (Å²) in [6.45, 7) is 3.42. The van der Waals surface area contributed by atoms with Gasteiger partial charge in [0.2, 0.25) is 0 Å². The summed E-state index contributed by atoms with van der Waals surface area (Å²) in [5.41, 5.74) is 6.54. The topological polar surface area (TPSA) is 56.5 Å². The second-order valence-electron chi connectivity index (χ2n) is 3.32. The SMILES string of the molecule is CC1CCCCN1CC(=O)N=N. The van der Waals surface area contributed by atoms with E-state index in [1.165, 1.54) is 6.42 Å². The Morgan fingerprint density at radius 1 is 1.67 bits per heavy atom. The molecule has 0 aromatic rings. The quantitative estimate of drug-likeness (QED) is 0.635. The Morgan fingerprint density at radius 2 is 2.42 bits per heavy atom. The lowest BCUT2D eigenvalue weighted by molar-refractivity contribution is -0.120. The molecule has 1 amide bonds. The predicted molar refractivity (Wildman–Crippen MR) is 45.0 cm³/mol. The van der Waals surface area contributed by atoms with Crippen molar-refractivity contribution < 1.29 is 4.79 Å². The van der Waals surface area contributed by atoms with Crippen LogP contribution in [0.2, 0.25) is 0 Å². The molecule has 0 bridgehead atoms. The van der Waals surface area contributed by atoms with Crippen molar-refractivity contribution in [2.75, 3.05) is 13.1 Å². The van der Waals surface area contributed by atoms with Crippen LogP contribution in [0.4, 0.5) is 0 Å². The zero-order valence-corrected chi connectivity index (χ0v) is 7.42. The van der Waals surface area contributed by atoms with Gasteiger partial charge in [0.1, 0.15) is 0 Å². The van der Waals surface area contributed by atoms with E-state index >= 15 is 0 Å². The Bertz CT molecular complexity index is 181. The highest BCUT2D eigenvalue weighted by Crippen LogP contribution is 2.15. The van der Waals surface area contributed by atoms with Gasteiger partial charge in [0.25, 0.3) is 5.91 Å². The van der Waals surface area contributed by atoms with Crippen LogP contribution in [0.1, 0.15) is 26.2 Å². The zero-order valence-electron chi connectivity index (χ0n) is 7.42. The minimum absolute atomic E-state index is 0.324. The third-order valence-corrected chi connectivity index (χ3v) is 2.40. The molecule has 1 saturated heterocycles. The Kier molecular flexibility index (Phi) is 3.34. The summed E-state index contributed by atoms with van der Waals surface area (Å²) in [6.07, 6.45) is 3.57. The second-order valence-corrected chi connectivity index (χ2v) is 3.32. The van der Waals surface area contributed by atoms with Crippen LogP contribution in [0.3, 0.4) is 0 Å². The Hall–Kier alpha value is -0.770. The largest absolute Gasteiger partial charge is 0.292 e. The van der Waals surface area contributed by atoms with E-state index < -0.39 is 0 Å². The van der Waals surface area contributed by atoms with Crippen LogP contribution in [0.25, 0.3) is 0 Å². The van der Waals surface area contributed by atoms with Crippen LogP contribution in [0.15, 0.2) is 5.11 Å². The van der Waals surface area contributed by atoms with Gasteiger partial charge in [0, 0.05) is 6.04 Å². The summed E-state index contributed by atoms with van der Waals surface area (Å²) in [7, 11) is 0. The van der Waals surface area contributed by atoms with Crippen LogP contribution in [0.5, 0.6) is 0 Å². The van der Waals surface area contributed by atoms with Crippen molar-refractivity contribution >= 4 is 5.91 Å². The van der Waals surface area contributed by atoms with Gasteiger partial charge in [-0.15, -0.1) is 5.11 Å². The molecule has 0 aromatic carbocycles. The molecule has 12 heavy (non-hydrogen) atoms. The molecule has 1 atom stereocenters. The number of nitrogens with zero attached hydrogens (tertiary/aromatic N) is 2. The smallest absolute Gasteiger partial charge is 0.277 e. The monoisotopic (exact) mass is 169 g/mol. The van der Waals surface area contributed by atoms with Crippen LogP contribution in [0, 0.1) is 5.53 Å². The highest BCUT2D eigenvalue weighted by atomic mass is 16.1. The van der Waals surface area contributed by atoms with Gasteiger partial charge < -0.3 is 0 Å². The zero-order chi connectivity index (χ0) is 8.97. The Balaban J connectivity index is 2.38. The first-order valence-electron chi connectivity index (χ1n) is 4.38. The third kappa shape index (κ3) is 2.37. The molecule has 1 fully saturated rings. The number of rotatable bonds is 2. The highest BCUT2D eigenvalue weighted by Gasteiger charge is 2.19. The van der Waals surface area contributed by atoms with E-state index in [2.05, 4.69) is 16.9 Å². The maximum absolute atomic E-state index is 10.8. The molecule has 4 nitrogen and oxygen atoms in total. The molecular weight excluding hydrogens is 154 g/mol. The van der Waals surface area contributed by atoms with Crippen LogP contribution >= 0.6 is 0 Å². The number of hydrogen-bond acceptors (Lipinski definition) is 3.